The Labute approximate surface area is 307 Å². The molecule has 9 aromatic rings. The fourth-order valence-electron chi connectivity index (χ4n) is 7.94. The molecule has 0 spiro atoms. The van der Waals surface area contributed by atoms with Crippen LogP contribution in [-0.2, 0) is 0 Å². The van der Waals surface area contributed by atoms with Crippen molar-refractivity contribution in [1.29, 1.82) is 0 Å². The second-order valence-corrected chi connectivity index (χ2v) is 15.5. The summed E-state index contributed by atoms with van der Waals surface area (Å²) in [5.74, 6) is 0. The average Bonchev–Trinajstić information content (AvgIpc) is 3.22. The molecule has 1 heteroatoms. The number of hydrogen-bond donors (Lipinski definition) is 0. The maximum Gasteiger partial charge on any atom is -0.00235 e. The molecule has 0 amide bonds. The summed E-state index contributed by atoms with van der Waals surface area (Å²) in [5, 5.41) is 9.12. The second kappa shape index (κ2) is 13.9. The first kappa shape index (κ1) is 31.9. The highest BCUT2D eigenvalue weighted by Crippen LogP contribution is 2.48. The van der Waals surface area contributed by atoms with Gasteiger partial charge >= 0.3 is 0 Å². The normalized spacial score (nSPS) is 11.9. The first-order valence-electron chi connectivity index (χ1n) is 18.0. The molecule has 0 radical (unpaired) electrons. The van der Waals surface area contributed by atoms with Crippen LogP contribution in [0.4, 0.5) is 0 Å². The number of rotatable bonds is 7. The van der Waals surface area contributed by atoms with E-state index in [9.17, 15) is 0 Å². The minimum atomic E-state index is -0.812. The van der Waals surface area contributed by atoms with Crippen molar-refractivity contribution in [3.05, 3.63) is 212 Å². The molecule has 1 atom stereocenters. The zero-order chi connectivity index (χ0) is 34.9. The van der Waals surface area contributed by atoms with Gasteiger partial charge in [-0.15, -0.1) is 0 Å². The highest BCUT2D eigenvalue weighted by atomic mass is 31.1. The molecule has 9 aromatic carbocycles. The molecular formula is C51H37P. The molecule has 0 heterocycles. The molecule has 52 heavy (non-hydrogen) atoms. The van der Waals surface area contributed by atoms with E-state index in [2.05, 4.69) is 213 Å². The third-order valence-electron chi connectivity index (χ3n) is 10.2. The Bertz CT molecular complexity index is 2650. The van der Waals surface area contributed by atoms with Crippen molar-refractivity contribution in [3.63, 3.8) is 0 Å². The fraction of sp³-hybridized carbons (Fsp3) is 0.0196. The zero-order valence-electron chi connectivity index (χ0n) is 29.1. The van der Waals surface area contributed by atoms with Crippen LogP contribution in [0, 0.1) is 6.92 Å². The lowest BCUT2D eigenvalue weighted by Crippen LogP contribution is -2.22. The molecular weight excluding hydrogens is 644 g/mol. The average molecular weight is 681 g/mol. The quantitative estimate of drug-likeness (QED) is 0.147. The monoisotopic (exact) mass is 680 g/mol. The van der Waals surface area contributed by atoms with Gasteiger partial charge < -0.3 is 0 Å². The van der Waals surface area contributed by atoms with Crippen LogP contribution < -0.4 is 15.9 Å². The Morgan fingerprint density at radius 2 is 0.788 bits per heavy atom. The summed E-state index contributed by atoms with van der Waals surface area (Å²) in [6.45, 7) is 2.33. The Balaban J connectivity index is 1.27. The summed E-state index contributed by atoms with van der Waals surface area (Å²) in [4.78, 5) is 0. The molecule has 0 bridgehead atoms. The van der Waals surface area contributed by atoms with E-state index in [1.165, 1.54) is 87.5 Å². The van der Waals surface area contributed by atoms with Gasteiger partial charge in [-0.05, 0) is 102 Å². The van der Waals surface area contributed by atoms with E-state index >= 15 is 0 Å². The minimum Gasteiger partial charge on any atom is -0.0622 e. The molecule has 0 nitrogen and oxygen atoms in total. The molecule has 0 aliphatic rings. The van der Waals surface area contributed by atoms with Crippen LogP contribution in [0.15, 0.2) is 206 Å². The summed E-state index contributed by atoms with van der Waals surface area (Å²) in [7, 11) is -0.812. The summed E-state index contributed by atoms with van der Waals surface area (Å²) >= 11 is 0. The molecule has 0 N–H and O–H groups in total. The van der Waals surface area contributed by atoms with Gasteiger partial charge in [0.05, 0.1) is 0 Å². The zero-order valence-corrected chi connectivity index (χ0v) is 30.0. The van der Waals surface area contributed by atoms with Crippen LogP contribution in [0.5, 0.6) is 0 Å². The summed E-state index contributed by atoms with van der Waals surface area (Å²) in [6, 6.07) is 75.7. The first-order valence-corrected chi connectivity index (χ1v) is 19.3. The third kappa shape index (κ3) is 5.72. The van der Waals surface area contributed by atoms with Gasteiger partial charge in [0.25, 0.3) is 0 Å². The summed E-state index contributed by atoms with van der Waals surface area (Å²) < 4.78 is 0. The standard InChI is InChI=1S/C51H37P/c1-36-49(40-32-34-42(35-33-40)52(41-24-9-4-10-25-41)48-31-16-15-27-44(48)38-18-5-2-6-19-38)46-28-13-14-29-47(46)51(39-21-7-3-8-22-39)50(36)45-30-17-23-37-20-11-12-26-43(37)45/h2-35H,1H3. The summed E-state index contributed by atoms with van der Waals surface area (Å²) in [5.41, 5.74) is 11.4. The highest BCUT2D eigenvalue weighted by Gasteiger charge is 2.23. The van der Waals surface area contributed by atoms with Crippen molar-refractivity contribution >= 4 is 45.4 Å². The van der Waals surface area contributed by atoms with Crippen molar-refractivity contribution in [1.82, 2.24) is 0 Å². The van der Waals surface area contributed by atoms with Gasteiger partial charge in [0.1, 0.15) is 0 Å². The summed E-state index contributed by atoms with van der Waals surface area (Å²) in [6.07, 6.45) is 0. The van der Waals surface area contributed by atoms with Gasteiger partial charge in [0.15, 0.2) is 0 Å². The van der Waals surface area contributed by atoms with E-state index in [-0.39, 0.29) is 0 Å². The van der Waals surface area contributed by atoms with E-state index in [4.69, 9.17) is 0 Å². The van der Waals surface area contributed by atoms with Crippen LogP contribution in [0.1, 0.15) is 5.56 Å². The molecule has 0 aliphatic carbocycles. The van der Waals surface area contributed by atoms with Crippen molar-refractivity contribution in [2.75, 3.05) is 0 Å². The van der Waals surface area contributed by atoms with Gasteiger partial charge in [-0.25, -0.2) is 0 Å². The van der Waals surface area contributed by atoms with Gasteiger partial charge in [-0.2, -0.15) is 0 Å². The second-order valence-electron chi connectivity index (χ2n) is 13.3. The van der Waals surface area contributed by atoms with E-state index in [0.717, 1.165) is 0 Å². The van der Waals surface area contributed by atoms with Crippen LogP contribution in [-0.4, -0.2) is 0 Å². The lowest BCUT2D eigenvalue weighted by atomic mass is 9.80. The number of fused-ring (bicyclic) bond motifs is 2. The van der Waals surface area contributed by atoms with E-state index in [0.29, 0.717) is 0 Å². The van der Waals surface area contributed by atoms with Crippen molar-refractivity contribution < 1.29 is 0 Å². The van der Waals surface area contributed by atoms with Gasteiger partial charge in [-0.3, -0.25) is 0 Å². The van der Waals surface area contributed by atoms with Crippen molar-refractivity contribution in [2.45, 2.75) is 6.92 Å². The maximum atomic E-state index is 2.38. The van der Waals surface area contributed by atoms with Crippen LogP contribution >= 0.6 is 7.92 Å². The molecule has 0 saturated carbocycles. The van der Waals surface area contributed by atoms with Crippen LogP contribution in [0.2, 0.25) is 0 Å². The van der Waals surface area contributed by atoms with E-state index in [1.807, 2.05) is 0 Å². The smallest absolute Gasteiger partial charge is 0.00235 e. The van der Waals surface area contributed by atoms with E-state index < -0.39 is 7.92 Å². The maximum absolute atomic E-state index is 2.38. The van der Waals surface area contributed by atoms with Gasteiger partial charge in [-0.1, -0.05) is 206 Å². The van der Waals surface area contributed by atoms with Crippen molar-refractivity contribution in [3.8, 4) is 44.5 Å². The molecule has 0 fully saturated rings. The lowest BCUT2D eigenvalue weighted by Gasteiger charge is -2.24. The highest BCUT2D eigenvalue weighted by molar-refractivity contribution is 7.80. The Hall–Kier alpha value is -6.07. The predicted molar refractivity (Wildman–Crippen MR) is 227 cm³/mol. The topological polar surface area (TPSA) is 0 Å². The minimum absolute atomic E-state index is 0.812. The van der Waals surface area contributed by atoms with Gasteiger partial charge in [0, 0.05) is 0 Å². The van der Waals surface area contributed by atoms with Crippen molar-refractivity contribution in [2.24, 2.45) is 0 Å². The Morgan fingerprint density at radius 3 is 1.50 bits per heavy atom. The van der Waals surface area contributed by atoms with Crippen LogP contribution in [0.3, 0.4) is 0 Å². The van der Waals surface area contributed by atoms with Gasteiger partial charge in [0.2, 0.25) is 0 Å². The molecule has 0 saturated heterocycles. The Morgan fingerprint density at radius 1 is 0.308 bits per heavy atom. The molecule has 0 aliphatic heterocycles. The van der Waals surface area contributed by atoms with E-state index in [1.54, 1.807) is 0 Å². The number of hydrogen-bond acceptors (Lipinski definition) is 0. The first-order chi connectivity index (χ1) is 25.8. The molecule has 0 aromatic heterocycles. The Kier molecular flexibility index (Phi) is 8.53. The predicted octanol–water partition coefficient (Wildman–Crippen LogP) is 12.7. The number of benzene rings is 9. The fourth-order valence-corrected chi connectivity index (χ4v) is 10.4. The lowest BCUT2D eigenvalue weighted by molar-refractivity contribution is 1.47. The SMILES string of the molecule is Cc1c(-c2cccc3ccccc23)c(-c2ccccc2)c2ccccc2c1-c1ccc(P(c2ccccc2)c2ccccc2-c2ccccc2)cc1. The molecule has 246 valence electrons. The third-order valence-corrected chi connectivity index (χ3v) is 12.7. The largest absolute Gasteiger partial charge is 0.0622 e. The molecule has 9 rings (SSSR count). The van der Waals surface area contributed by atoms with Crippen LogP contribution in [0.25, 0.3) is 66.1 Å². The molecule has 1 unspecified atom stereocenters.